The van der Waals surface area contributed by atoms with E-state index in [2.05, 4.69) is 0 Å². The van der Waals surface area contributed by atoms with Crippen molar-refractivity contribution < 1.29 is 33.3 Å². The monoisotopic (exact) mass is 404 g/mol. The van der Waals surface area contributed by atoms with Gasteiger partial charge in [-0.2, -0.15) is 0 Å². The molecule has 0 spiro atoms. The number of hydrogen-bond acceptors (Lipinski definition) is 5. The fourth-order valence-electron chi connectivity index (χ4n) is 2.76. The molecule has 7 heteroatoms. The van der Waals surface area contributed by atoms with Gasteiger partial charge in [-0.25, -0.2) is 4.39 Å². The molecular weight excluding hydrogens is 379 g/mol. The van der Waals surface area contributed by atoms with Crippen molar-refractivity contribution in [3.05, 3.63) is 52.8 Å². The van der Waals surface area contributed by atoms with Crippen molar-refractivity contribution in [3.63, 3.8) is 0 Å². The number of carboxylic acid groups (broad SMARTS) is 1. The van der Waals surface area contributed by atoms with Gasteiger partial charge in [-0.05, 0) is 36.1 Å². The Morgan fingerprint density at radius 2 is 1.79 bits per heavy atom. The lowest BCUT2D eigenvalue weighted by Crippen LogP contribution is -2.10. The molecule has 0 aliphatic heterocycles. The van der Waals surface area contributed by atoms with E-state index < -0.39 is 17.6 Å². The van der Waals surface area contributed by atoms with Crippen molar-refractivity contribution in [2.24, 2.45) is 5.92 Å². The first kappa shape index (κ1) is 22.2. The van der Waals surface area contributed by atoms with E-state index in [9.17, 15) is 14.0 Å². The lowest BCUT2D eigenvalue weighted by Gasteiger charge is -2.15. The Balaban J connectivity index is 2.44. The highest BCUT2D eigenvalue weighted by molar-refractivity contribution is 6.11. The van der Waals surface area contributed by atoms with E-state index in [-0.39, 0.29) is 41.4 Å². The molecule has 156 valence electrons. The molecule has 6 nitrogen and oxygen atoms in total. The summed E-state index contributed by atoms with van der Waals surface area (Å²) in [6.07, 6.45) is 0.0714. The maximum Gasteiger partial charge on any atom is 0.303 e. The second-order valence-corrected chi connectivity index (χ2v) is 6.94. The molecule has 1 N–H and O–H groups in total. The van der Waals surface area contributed by atoms with Gasteiger partial charge in [0.1, 0.15) is 28.6 Å². The third-order valence-corrected chi connectivity index (χ3v) is 4.21. The van der Waals surface area contributed by atoms with Crippen LogP contribution >= 0.6 is 0 Å². The summed E-state index contributed by atoms with van der Waals surface area (Å²) in [4.78, 5) is 24.0. The van der Waals surface area contributed by atoms with E-state index >= 15 is 0 Å². The zero-order valence-electron chi connectivity index (χ0n) is 17.0. The fraction of sp³-hybridized carbons (Fsp3) is 0.364. The number of rotatable bonds is 10. The number of carbonyl (C=O) groups excluding carboxylic acids is 1. The van der Waals surface area contributed by atoms with Crippen LogP contribution in [-0.2, 0) is 11.2 Å². The average molecular weight is 404 g/mol. The van der Waals surface area contributed by atoms with Crippen LogP contribution in [0.4, 0.5) is 4.39 Å². The second-order valence-electron chi connectivity index (χ2n) is 6.94. The van der Waals surface area contributed by atoms with Crippen LogP contribution in [0.5, 0.6) is 17.2 Å². The number of methoxy groups -OCH3 is 2. The Bertz CT molecular complexity index is 891. The summed E-state index contributed by atoms with van der Waals surface area (Å²) in [6.45, 7) is 4.44. The first-order valence-electron chi connectivity index (χ1n) is 9.20. The average Bonchev–Trinajstić information content (AvgIpc) is 2.69. The van der Waals surface area contributed by atoms with Crippen LogP contribution in [-0.4, -0.2) is 37.7 Å². The third kappa shape index (κ3) is 5.70. The standard InChI is InChI=1S/C22H25FO6/c1-13(2)12-29-18-7-5-15(9-14(18)6-8-20(24)25)22(26)21-17(23)10-16(27-3)11-19(21)28-4/h5,7,9-11,13H,6,8,12H2,1-4H3,(H,24,25). The number of carbonyl (C=O) groups is 2. The van der Waals surface area contributed by atoms with Gasteiger partial charge >= 0.3 is 5.97 Å². The van der Waals surface area contributed by atoms with E-state index in [1.165, 1.54) is 26.4 Å². The molecule has 0 aromatic heterocycles. The third-order valence-electron chi connectivity index (χ3n) is 4.21. The molecular formula is C22H25FO6. The van der Waals surface area contributed by atoms with Crippen molar-refractivity contribution in [1.82, 2.24) is 0 Å². The summed E-state index contributed by atoms with van der Waals surface area (Å²) < 4.78 is 30.5. The fourth-order valence-corrected chi connectivity index (χ4v) is 2.76. The number of benzene rings is 2. The highest BCUT2D eigenvalue weighted by atomic mass is 19.1. The molecule has 0 fully saturated rings. The minimum Gasteiger partial charge on any atom is -0.497 e. The van der Waals surface area contributed by atoms with E-state index in [0.717, 1.165) is 6.07 Å². The molecule has 0 atom stereocenters. The van der Waals surface area contributed by atoms with Gasteiger partial charge in [-0.3, -0.25) is 9.59 Å². The topological polar surface area (TPSA) is 82.1 Å². The number of halogens is 1. The molecule has 0 saturated heterocycles. The molecule has 0 saturated carbocycles. The summed E-state index contributed by atoms with van der Waals surface area (Å²) in [5.74, 6) is -1.22. The molecule has 0 aliphatic rings. The van der Waals surface area contributed by atoms with Crippen molar-refractivity contribution in [3.8, 4) is 17.2 Å². The number of aryl methyl sites for hydroxylation is 1. The van der Waals surface area contributed by atoms with Crippen LogP contribution in [0.25, 0.3) is 0 Å². The molecule has 0 radical (unpaired) electrons. The van der Waals surface area contributed by atoms with E-state index in [4.69, 9.17) is 19.3 Å². The van der Waals surface area contributed by atoms with Gasteiger partial charge in [0, 0.05) is 24.1 Å². The first-order valence-corrected chi connectivity index (χ1v) is 9.20. The quantitative estimate of drug-likeness (QED) is 0.600. The van der Waals surface area contributed by atoms with Crippen LogP contribution in [0.2, 0.25) is 0 Å². The summed E-state index contributed by atoms with van der Waals surface area (Å²) in [5.41, 5.74) is 0.574. The smallest absolute Gasteiger partial charge is 0.303 e. The van der Waals surface area contributed by atoms with Gasteiger partial charge in [0.2, 0.25) is 0 Å². The molecule has 0 aliphatic carbocycles. The van der Waals surface area contributed by atoms with Gasteiger partial charge in [0.25, 0.3) is 0 Å². The number of ketones is 1. The van der Waals surface area contributed by atoms with Crippen LogP contribution in [0.1, 0.15) is 41.8 Å². The van der Waals surface area contributed by atoms with Crippen molar-refractivity contribution in [1.29, 1.82) is 0 Å². The summed E-state index contributed by atoms with van der Waals surface area (Å²) in [5, 5.41) is 9.01. The number of aliphatic carboxylic acids is 1. The predicted molar refractivity (Wildman–Crippen MR) is 106 cm³/mol. The largest absolute Gasteiger partial charge is 0.497 e. The molecule has 0 amide bonds. The lowest BCUT2D eigenvalue weighted by atomic mass is 9.97. The number of hydrogen-bond donors (Lipinski definition) is 1. The Kier molecular flexibility index (Phi) is 7.59. The highest BCUT2D eigenvalue weighted by Gasteiger charge is 2.22. The maximum absolute atomic E-state index is 14.6. The minimum atomic E-state index is -0.959. The van der Waals surface area contributed by atoms with E-state index in [0.29, 0.717) is 17.9 Å². The van der Waals surface area contributed by atoms with Gasteiger partial charge < -0.3 is 19.3 Å². The summed E-state index contributed by atoms with van der Waals surface area (Å²) >= 11 is 0. The van der Waals surface area contributed by atoms with Crippen molar-refractivity contribution >= 4 is 11.8 Å². The molecule has 29 heavy (non-hydrogen) atoms. The number of ether oxygens (including phenoxy) is 3. The molecule has 0 heterocycles. The summed E-state index contributed by atoms with van der Waals surface area (Å²) in [7, 11) is 2.73. The SMILES string of the molecule is COc1cc(F)c(C(=O)c2ccc(OCC(C)C)c(CCC(=O)O)c2)c(OC)c1. The van der Waals surface area contributed by atoms with Crippen LogP contribution in [0, 0.1) is 11.7 Å². The molecule has 0 unspecified atom stereocenters. The minimum absolute atomic E-state index is 0.0547. The van der Waals surface area contributed by atoms with Gasteiger partial charge in [0.15, 0.2) is 5.78 Å². The Hall–Kier alpha value is -3.09. The second kappa shape index (κ2) is 9.91. The zero-order chi connectivity index (χ0) is 21.6. The first-order chi connectivity index (χ1) is 13.8. The van der Waals surface area contributed by atoms with Gasteiger partial charge in [-0.1, -0.05) is 13.8 Å². The van der Waals surface area contributed by atoms with Crippen LogP contribution in [0.15, 0.2) is 30.3 Å². The van der Waals surface area contributed by atoms with Crippen LogP contribution in [0.3, 0.4) is 0 Å². The molecule has 2 aromatic rings. The van der Waals surface area contributed by atoms with E-state index in [1.54, 1.807) is 12.1 Å². The Morgan fingerprint density at radius 3 is 2.38 bits per heavy atom. The molecule has 2 rings (SSSR count). The zero-order valence-corrected chi connectivity index (χ0v) is 17.0. The Labute approximate surface area is 169 Å². The predicted octanol–water partition coefficient (Wildman–Crippen LogP) is 4.13. The van der Waals surface area contributed by atoms with E-state index in [1.807, 2.05) is 13.8 Å². The van der Waals surface area contributed by atoms with Gasteiger partial charge in [0.05, 0.1) is 20.8 Å². The highest BCUT2D eigenvalue weighted by Crippen LogP contribution is 2.31. The van der Waals surface area contributed by atoms with Gasteiger partial charge in [-0.15, -0.1) is 0 Å². The summed E-state index contributed by atoms with van der Waals surface area (Å²) in [6, 6.07) is 7.24. The normalized spacial score (nSPS) is 10.7. The molecule has 0 bridgehead atoms. The maximum atomic E-state index is 14.6. The lowest BCUT2D eigenvalue weighted by molar-refractivity contribution is -0.136. The van der Waals surface area contributed by atoms with Crippen LogP contribution < -0.4 is 14.2 Å². The molecule has 2 aromatic carbocycles. The van der Waals surface area contributed by atoms with Crippen molar-refractivity contribution in [2.75, 3.05) is 20.8 Å². The van der Waals surface area contributed by atoms with Crippen molar-refractivity contribution in [2.45, 2.75) is 26.7 Å². The number of carboxylic acids is 1. The Morgan fingerprint density at radius 1 is 1.07 bits per heavy atom.